The number of thiocarbonyl (C=S) groups is 1. The number of nitro groups is 1. The lowest BCUT2D eigenvalue weighted by Gasteiger charge is -2.26. The highest BCUT2D eigenvalue weighted by atomic mass is 32.2. The summed E-state index contributed by atoms with van der Waals surface area (Å²) in [5.74, 6) is 0.159. The van der Waals surface area contributed by atoms with Crippen LogP contribution in [-0.4, -0.2) is 36.1 Å². The Kier molecular flexibility index (Phi) is 5.68. The van der Waals surface area contributed by atoms with Crippen molar-refractivity contribution in [2.24, 2.45) is 0 Å². The first-order valence-corrected chi connectivity index (χ1v) is 11.7. The zero-order valence-electron chi connectivity index (χ0n) is 17.5. The molecule has 0 radical (unpaired) electrons. The molecular weight excluding hydrogens is 472 g/mol. The summed E-state index contributed by atoms with van der Waals surface area (Å²) in [5.41, 5.74) is 1.26. The number of para-hydroxylation sites is 1. The summed E-state index contributed by atoms with van der Waals surface area (Å²) < 4.78 is 1.28. The third-order valence-corrected chi connectivity index (χ3v) is 7.03. The lowest BCUT2D eigenvalue weighted by molar-refractivity contribution is -0.384. The molecule has 1 aliphatic rings. The van der Waals surface area contributed by atoms with E-state index in [1.54, 1.807) is 36.4 Å². The fourth-order valence-corrected chi connectivity index (χ4v) is 5.46. The fourth-order valence-electron chi connectivity index (χ4n) is 3.87. The van der Waals surface area contributed by atoms with Crippen LogP contribution in [0, 0.1) is 10.1 Å². The molecule has 0 bridgehead atoms. The average Bonchev–Trinajstić information content (AvgIpc) is 3.25. The van der Waals surface area contributed by atoms with Gasteiger partial charge >= 0.3 is 0 Å². The Balaban J connectivity index is 1.69. The molecule has 8 nitrogen and oxygen atoms in total. The van der Waals surface area contributed by atoms with Gasteiger partial charge in [0.1, 0.15) is 11.2 Å². The van der Waals surface area contributed by atoms with Gasteiger partial charge in [0.2, 0.25) is 5.91 Å². The highest BCUT2D eigenvalue weighted by Crippen LogP contribution is 2.40. The number of nitro benzene ring substituents is 1. The molecule has 34 heavy (non-hydrogen) atoms. The predicted molar refractivity (Wildman–Crippen MR) is 135 cm³/mol. The van der Waals surface area contributed by atoms with Crippen molar-refractivity contribution < 1.29 is 9.72 Å². The summed E-state index contributed by atoms with van der Waals surface area (Å²) in [4.78, 5) is 43.4. The minimum atomic E-state index is -0.609. The average molecular weight is 489 g/mol. The van der Waals surface area contributed by atoms with Crippen LogP contribution >= 0.6 is 24.0 Å². The smallest absolute Gasteiger partial charge is 0.269 e. The lowest BCUT2D eigenvalue weighted by Crippen LogP contribution is -2.43. The van der Waals surface area contributed by atoms with Crippen LogP contribution in [0.2, 0.25) is 0 Å². The maximum Gasteiger partial charge on any atom is 0.269 e. The highest BCUT2D eigenvalue weighted by molar-refractivity contribution is 8.00. The van der Waals surface area contributed by atoms with Gasteiger partial charge in [-0.2, -0.15) is 0 Å². The minimum Gasteiger partial charge on any atom is -0.273 e. The standard InChI is InChI=1S/C24H16N4O4S2/c29-20-14-34-23(16-9-6-10-17(13-16)28(31)32)26(20)24(33)27-21(15-7-2-1-3-8-15)25-19-12-5-4-11-18(19)22(27)30/h1-13,23H,14H2. The number of non-ortho nitro benzene ring substituents is 1. The molecule has 3 aromatic carbocycles. The molecule has 1 amide bonds. The number of fused-ring (bicyclic) bond motifs is 1. The summed E-state index contributed by atoms with van der Waals surface area (Å²) in [6, 6.07) is 22.2. The number of thioether (sulfide) groups is 1. The quantitative estimate of drug-likeness (QED) is 0.240. The minimum absolute atomic E-state index is 0.0198. The number of nitrogens with zero attached hydrogens (tertiary/aromatic N) is 4. The number of rotatable bonds is 3. The predicted octanol–water partition coefficient (Wildman–Crippen LogP) is 4.38. The first-order chi connectivity index (χ1) is 16.5. The maximum absolute atomic E-state index is 13.6. The zero-order valence-corrected chi connectivity index (χ0v) is 19.2. The van der Waals surface area contributed by atoms with E-state index in [9.17, 15) is 19.7 Å². The lowest BCUT2D eigenvalue weighted by atomic mass is 10.1. The van der Waals surface area contributed by atoms with Gasteiger partial charge < -0.3 is 0 Å². The summed E-state index contributed by atoms with van der Waals surface area (Å²) in [7, 11) is 0. The van der Waals surface area contributed by atoms with Crippen molar-refractivity contribution in [2.45, 2.75) is 5.37 Å². The van der Waals surface area contributed by atoms with E-state index in [1.165, 1.54) is 33.4 Å². The van der Waals surface area contributed by atoms with E-state index in [4.69, 9.17) is 17.2 Å². The van der Waals surface area contributed by atoms with Gasteiger partial charge in [-0.1, -0.05) is 54.6 Å². The second-order valence-electron chi connectivity index (χ2n) is 7.52. The Bertz CT molecular complexity index is 1520. The molecule has 1 fully saturated rings. The van der Waals surface area contributed by atoms with E-state index in [0.717, 1.165) is 0 Å². The van der Waals surface area contributed by atoms with E-state index in [0.29, 0.717) is 27.9 Å². The molecule has 1 aliphatic heterocycles. The van der Waals surface area contributed by atoms with Crippen molar-refractivity contribution in [3.05, 3.63) is 105 Å². The molecule has 0 saturated carbocycles. The van der Waals surface area contributed by atoms with Gasteiger partial charge in [-0.3, -0.25) is 24.6 Å². The van der Waals surface area contributed by atoms with Crippen molar-refractivity contribution in [1.29, 1.82) is 0 Å². The summed E-state index contributed by atoms with van der Waals surface area (Å²) in [6.07, 6.45) is 0. The van der Waals surface area contributed by atoms with E-state index in [-0.39, 0.29) is 22.5 Å². The second-order valence-corrected chi connectivity index (χ2v) is 8.95. The number of amides is 1. The van der Waals surface area contributed by atoms with Crippen LogP contribution in [0.5, 0.6) is 0 Å². The van der Waals surface area contributed by atoms with Crippen LogP contribution in [0.4, 0.5) is 5.69 Å². The molecule has 1 saturated heterocycles. The van der Waals surface area contributed by atoms with Crippen molar-refractivity contribution in [2.75, 3.05) is 5.75 Å². The molecule has 5 rings (SSSR count). The molecule has 1 atom stereocenters. The van der Waals surface area contributed by atoms with Crippen molar-refractivity contribution in [3.63, 3.8) is 0 Å². The van der Waals surface area contributed by atoms with Gasteiger partial charge in [0.15, 0.2) is 5.11 Å². The number of benzene rings is 3. The Morgan fingerprint density at radius 1 is 1.03 bits per heavy atom. The fraction of sp³-hybridized carbons (Fsp3) is 0.0833. The summed E-state index contributed by atoms with van der Waals surface area (Å²) in [6.45, 7) is 0. The van der Waals surface area contributed by atoms with Crippen LogP contribution in [0.3, 0.4) is 0 Å². The van der Waals surface area contributed by atoms with Crippen LogP contribution in [0.1, 0.15) is 10.9 Å². The largest absolute Gasteiger partial charge is 0.273 e. The molecule has 10 heteroatoms. The number of aromatic nitrogens is 2. The Morgan fingerprint density at radius 2 is 1.76 bits per heavy atom. The third kappa shape index (κ3) is 3.76. The van der Waals surface area contributed by atoms with E-state index in [1.807, 2.05) is 30.3 Å². The molecule has 1 unspecified atom stereocenters. The Morgan fingerprint density at radius 3 is 2.53 bits per heavy atom. The summed E-state index contributed by atoms with van der Waals surface area (Å²) >= 11 is 7.03. The maximum atomic E-state index is 13.6. The molecule has 168 valence electrons. The van der Waals surface area contributed by atoms with E-state index >= 15 is 0 Å². The molecule has 2 heterocycles. The zero-order chi connectivity index (χ0) is 23.8. The van der Waals surface area contributed by atoms with Crippen LogP contribution in [0.25, 0.3) is 22.3 Å². The molecule has 0 spiro atoms. The number of carbonyl (C=O) groups is 1. The van der Waals surface area contributed by atoms with Gasteiger partial charge in [-0.15, -0.1) is 11.8 Å². The van der Waals surface area contributed by atoms with E-state index < -0.39 is 15.9 Å². The van der Waals surface area contributed by atoms with Crippen molar-refractivity contribution >= 4 is 51.6 Å². The van der Waals surface area contributed by atoms with Gasteiger partial charge in [-0.25, -0.2) is 9.55 Å². The first kappa shape index (κ1) is 21.9. The number of hydrogen-bond donors (Lipinski definition) is 0. The van der Waals surface area contributed by atoms with Gasteiger partial charge in [0, 0.05) is 17.7 Å². The second kappa shape index (κ2) is 8.81. The monoisotopic (exact) mass is 488 g/mol. The van der Waals surface area contributed by atoms with Gasteiger partial charge in [0.05, 0.1) is 21.6 Å². The molecule has 4 aromatic rings. The molecule has 0 N–H and O–H groups in total. The first-order valence-electron chi connectivity index (χ1n) is 10.3. The van der Waals surface area contributed by atoms with Crippen LogP contribution in [0.15, 0.2) is 83.7 Å². The van der Waals surface area contributed by atoms with Crippen molar-refractivity contribution in [1.82, 2.24) is 14.5 Å². The normalized spacial score (nSPS) is 15.6. The van der Waals surface area contributed by atoms with Crippen LogP contribution < -0.4 is 5.56 Å². The van der Waals surface area contributed by atoms with Crippen molar-refractivity contribution in [3.8, 4) is 11.4 Å². The molecule has 1 aromatic heterocycles. The van der Waals surface area contributed by atoms with Crippen LogP contribution in [-0.2, 0) is 4.79 Å². The Hall–Kier alpha value is -3.89. The third-order valence-electron chi connectivity index (χ3n) is 5.44. The topological polar surface area (TPSA) is 98.3 Å². The Labute approximate surface area is 203 Å². The van der Waals surface area contributed by atoms with E-state index in [2.05, 4.69) is 0 Å². The van der Waals surface area contributed by atoms with Gasteiger partial charge in [0.25, 0.3) is 11.2 Å². The van der Waals surface area contributed by atoms with Gasteiger partial charge in [-0.05, 0) is 29.9 Å². The highest BCUT2D eigenvalue weighted by Gasteiger charge is 2.38. The molecular formula is C24H16N4O4S2. The summed E-state index contributed by atoms with van der Waals surface area (Å²) in [5, 5.41) is 11.0. The number of hydrogen-bond acceptors (Lipinski definition) is 7. The SMILES string of the molecule is O=C1CSC(c2cccc([N+](=O)[O-])c2)N1C(=S)n1c(-c2ccccc2)nc2ccccc2c1=O. The molecule has 0 aliphatic carbocycles. The number of carbonyl (C=O) groups excluding carboxylic acids is 1.